The molecule has 1 N–H and O–H groups in total. The van der Waals surface area contributed by atoms with Gasteiger partial charge in [-0.2, -0.15) is 18.3 Å². The number of alkyl halides is 3. The van der Waals surface area contributed by atoms with Gasteiger partial charge in [-0.15, -0.1) is 10.2 Å². The van der Waals surface area contributed by atoms with Crippen LogP contribution in [-0.4, -0.2) is 30.8 Å². The van der Waals surface area contributed by atoms with Crippen molar-refractivity contribution in [2.75, 3.05) is 5.32 Å². The molecule has 3 rings (SSSR count). The van der Waals surface area contributed by atoms with E-state index >= 15 is 0 Å². The van der Waals surface area contributed by atoms with Crippen LogP contribution < -0.4 is 5.32 Å². The average Bonchev–Trinajstić information content (AvgIpc) is 3.24. The van der Waals surface area contributed by atoms with Gasteiger partial charge in [-0.05, 0) is 12.1 Å². The number of halogens is 3. The Kier molecular flexibility index (Phi) is 4.38. The van der Waals surface area contributed by atoms with Gasteiger partial charge in [-0.25, -0.2) is 4.68 Å². The Hall–Kier alpha value is -3.35. The second-order valence-corrected chi connectivity index (χ2v) is 5.79. The number of aromatic nitrogens is 4. The second kappa shape index (κ2) is 6.51. The molecule has 1 amide bonds. The number of nitro groups is 1. The Bertz CT molecular complexity index is 966. The van der Waals surface area contributed by atoms with Crippen molar-refractivity contribution < 1.29 is 22.9 Å². The number of anilines is 1. The Morgan fingerprint density at radius 2 is 1.92 bits per heavy atom. The summed E-state index contributed by atoms with van der Waals surface area (Å²) in [6, 6.07) is 5.42. The molecule has 13 heteroatoms. The number of amides is 1. The molecule has 1 aromatic carbocycles. The molecule has 3 aromatic rings. The molecule has 2 heterocycles. The lowest BCUT2D eigenvalue weighted by molar-refractivity contribution is -0.384. The lowest BCUT2D eigenvalue weighted by atomic mass is 10.3. The van der Waals surface area contributed by atoms with Gasteiger partial charge in [0.1, 0.15) is 0 Å². The van der Waals surface area contributed by atoms with E-state index in [4.69, 9.17) is 0 Å². The molecular weight excluding hydrogens is 377 g/mol. The van der Waals surface area contributed by atoms with E-state index in [1.807, 2.05) is 0 Å². The minimum absolute atomic E-state index is 0.0621. The third-order valence-electron chi connectivity index (χ3n) is 3.06. The van der Waals surface area contributed by atoms with E-state index in [0.717, 1.165) is 0 Å². The van der Waals surface area contributed by atoms with Gasteiger partial charge in [-0.3, -0.25) is 20.2 Å². The summed E-state index contributed by atoms with van der Waals surface area (Å²) < 4.78 is 38.7. The minimum atomic E-state index is -4.64. The molecule has 2 aromatic heterocycles. The molecule has 0 fully saturated rings. The molecule has 134 valence electrons. The number of carbonyl (C=O) groups excluding carboxylic acids is 1. The molecule has 0 spiro atoms. The van der Waals surface area contributed by atoms with Crippen molar-refractivity contribution in [3.8, 4) is 5.69 Å². The third-order valence-corrected chi connectivity index (χ3v) is 3.94. The van der Waals surface area contributed by atoms with Gasteiger partial charge in [0.15, 0.2) is 0 Å². The van der Waals surface area contributed by atoms with Gasteiger partial charge in [0.05, 0.1) is 22.4 Å². The molecule has 0 saturated heterocycles. The maximum absolute atomic E-state index is 12.5. The molecule has 0 aliphatic heterocycles. The van der Waals surface area contributed by atoms with Gasteiger partial charge in [-0.1, -0.05) is 11.3 Å². The highest BCUT2D eigenvalue weighted by Gasteiger charge is 2.35. The molecule has 0 aliphatic rings. The topological polar surface area (TPSA) is 116 Å². The van der Waals surface area contributed by atoms with E-state index in [1.165, 1.54) is 41.3 Å². The number of benzene rings is 1. The van der Waals surface area contributed by atoms with Crippen LogP contribution in [0.3, 0.4) is 0 Å². The van der Waals surface area contributed by atoms with Crippen molar-refractivity contribution in [1.29, 1.82) is 0 Å². The zero-order chi connectivity index (χ0) is 18.9. The molecule has 0 radical (unpaired) electrons. The summed E-state index contributed by atoms with van der Waals surface area (Å²) in [5.74, 6) is -0.719. The van der Waals surface area contributed by atoms with Crippen LogP contribution in [0.5, 0.6) is 0 Å². The normalized spacial score (nSPS) is 11.3. The predicted molar refractivity (Wildman–Crippen MR) is 83.1 cm³/mol. The summed E-state index contributed by atoms with van der Waals surface area (Å²) in [6.45, 7) is 0. The van der Waals surface area contributed by atoms with Crippen molar-refractivity contribution in [3.05, 3.63) is 57.3 Å². The van der Waals surface area contributed by atoms with E-state index < -0.39 is 22.0 Å². The second-order valence-electron chi connectivity index (χ2n) is 4.81. The van der Waals surface area contributed by atoms with E-state index in [0.29, 0.717) is 5.69 Å². The van der Waals surface area contributed by atoms with Gasteiger partial charge in [0, 0.05) is 18.3 Å². The summed E-state index contributed by atoms with van der Waals surface area (Å²) >= 11 is 0.200. The smallest absolute Gasteiger partial charge is 0.296 e. The summed E-state index contributed by atoms with van der Waals surface area (Å²) in [5.41, 5.74) is 0.424. The van der Waals surface area contributed by atoms with Crippen LogP contribution in [0, 0.1) is 10.1 Å². The number of nitro benzene ring substituents is 1. The molecule has 9 nitrogen and oxygen atoms in total. The van der Waals surface area contributed by atoms with Gasteiger partial charge in [0.2, 0.25) is 10.1 Å². The Labute approximate surface area is 146 Å². The van der Waals surface area contributed by atoms with Crippen LogP contribution >= 0.6 is 11.3 Å². The standard InChI is InChI=1S/C13H7F3N6O3S/c14-13(15,16)11-19-20-12(26-11)18-10(23)7-5-17-21(6-7)8-1-3-9(4-2-8)22(24)25/h1-6H,(H,18,20,23). The highest BCUT2D eigenvalue weighted by Crippen LogP contribution is 2.33. The maximum atomic E-state index is 12.5. The number of hydrogen-bond donors (Lipinski definition) is 1. The van der Waals surface area contributed by atoms with Crippen molar-refractivity contribution in [2.45, 2.75) is 6.18 Å². The SMILES string of the molecule is O=C(Nc1nnc(C(F)(F)F)s1)c1cnn(-c2ccc([N+](=O)[O-])cc2)c1. The quantitative estimate of drug-likeness (QED) is 0.546. The molecule has 0 saturated carbocycles. The molecule has 0 unspecified atom stereocenters. The number of nitrogens with one attached hydrogen (secondary N) is 1. The third kappa shape index (κ3) is 3.66. The first kappa shape index (κ1) is 17.5. The molecular formula is C13H7F3N6O3S. The molecule has 0 atom stereocenters. The fourth-order valence-electron chi connectivity index (χ4n) is 1.87. The predicted octanol–water partition coefficient (Wildman–Crippen LogP) is 2.90. The highest BCUT2D eigenvalue weighted by atomic mass is 32.1. The van der Waals surface area contributed by atoms with E-state index in [2.05, 4.69) is 20.6 Å². The fourth-order valence-corrected chi connectivity index (χ4v) is 2.47. The van der Waals surface area contributed by atoms with Crippen molar-refractivity contribution in [3.63, 3.8) is 0 Å². The van der Waals surface area contributed by atoms with Gasteiger partial charge >= 0.3 is 6.18 Å². The van der Waals surface area contributed by atoms with Crippen LogP contribution in [0.25, 0.3) is 5.69 Å². The first-order valence-corrected chi connectivity index (χ1v) is 7.57. The van der Waals surface area contributed by atoms with Crippen LogP contribution in [0.1, 0.15) is 15.4 Å². The number of hydrogen-bond acceptors (Lipinski definition) is 7. The lowest BCUT2D eigenvalue weighted by Crippen LogP contribution is -2.10. The van der Waals surface area contributed by atoms with Gasteiger partial charge in [0.25, 0.3) is 11.6 Å². The summed E-state index contributed by atoms with van der Waals surface area (Å²) in [7, 11) is 0. The summed E-state index contributed by atoms with van der Waals surface area (Å²) in [4.78, 5) is 22.1. The maximum Gasteiger partial charge on any atom is 0.445 e. The van der Waals surface area contributed by atoms with E-state index in [9.17, 15) is 28.1 Å². The first-order chi connectivity index (χ1) is 12.2. The minimum Gasteiger partial charge on any atom is -0.296 e. The van der Waals surface area contributed by atoms with E-state index in [-0.39, 0.29) is 27.7 Å². The number of non-ortho nitro benzene ring substituents is 1. The average molecular weight is 384 g/mol. The van der Waals surface area contributed by atoms with Crippen LogP contribution in [0.2, 0.25) is 0 Å². The first-order valence-electron chi connectivity index (χ1n) is 6.75. The van der Waals surface area contributed by atoms with E-state index in [1.54, 1.807) is 0 Å². The Balaban J connectivity index is 1.73. The molecule has 0 bridgehead atoms. The fraction of sp³-hybridized carbons (Fsp3) is 0.0769. The zero-order valence-corrected chi connectivity index (χ0v) is 13.3. The molecule has 0 aliphatic carbocycles. The zero-order valence-electron chi connectivity index (χ0n) is 12.5. The van der Waals surface area contributed by atoms with Gasteiger partial charge < -0.3 is 0 Å². The Morgan fingerprint density at radius 3 is 2.50 bits per heavy atom. The highest BCUT2D eigenvalue weighted by molar-refractivity contribution is 7.15. The van der Waals surface area contributed by atoms with Crippen LogP contribution in [-0.2, 0) is 6.18 Å². The largest absolute Gasteiger partial charge is 0.445 e. The van der Waals surface area contributed by atoms with Crippen molar-refractivity contribution >= 4 is 28.1 Å². The number of carbonyl (C=O) groups is 1. The van der Waals surface area contributed by atoms with Crippen LogP contribution in [0.4, 0.5) is 24.0 Å². The summed E-state index contributed by atoms with van der Waals surface area (Å²) in [6.07, 6.45) is -2.12. The number of rotatable bonds is 4. The molecule has 26 heavy (non-hydrogen) atoms. The van der Waals surface area contributed by atoms with Crippen molar-refractivity contribution in [2.24, 2.45) is 0 Å². The van der Waals surface area contributed by atoms with Crippen LogP contribution in [0.15, 0.2) is 36.7 Å². The lowest BCUT2D eigenvalue weighted by Gasteiger charge is -2.00. The summed E-state index contributed by atoms with van der Waals surface area (Å²) in [5, 5.41) is 21.5. The monoisotopic (exact) mass is 384 g/mol. The van der Waals surface area contributed by atoms with Crippen molar-refractivity contribution in [1.82, 2.24) is 20.0 Å². The Morgan fingerprint density at radius 1 is 1.23 bits per heavy atom. The number of nitrogens with zero attached hydrogens (tertiary/aromatic N) is 5.